The Morgan fingerprint density at radius 3 is 2.41 bits per heavy atom. The molecule has 1 aliphatic rings. The molecule has 1 aromatic carbocycles. The van der Waals surface area contributed by atoms with Crippen LogP contribution >= 0.6 is 0 Å². The van der Waals surface area contributed by atoms with Gasteiger partial charge in [0.05, 0.1) is 0 Å². The van der Waals surface area contributed by atoms with Crippen LogP contribution in [-0.2, 0) is 15.5 Å². The summed E-state index contributed by atoms with van der Waals surface area (Å²) >= 11 is 0. The summed E-state index contributed by atoms with van der Waals surface area (Å²) in [4.78, 5) is 25.0. The zero-order valence-electron chi connectivity index (χ0n) is 15.7. The van der Waals surface area contributed by atoms with E-state index in [0.29, 0.717) is 25.5 Å². The maximum absolute atomic E-state index is 14.4. The molecule has 0 spiro atoms. The Morgan fingerprint density at radius 2 is 1.85 bits per heavy atom. The molecule has 0 unspecified atom stereocenters. The van der Waals surface area contributed by atoms with Gasteiger partial charge >= 0.3 is 12.0 Å². The Bertz CT molecular complexity index is 681. The van der Waals surface area contributed by atoms with Crippen molar-refractivity contribution < 1.29 is 27.5 Å². The number of carbonyl (C=O) groups is 2. The van der Waals surface area contributed by atoms with E-state index in [9.17, 15) is 22.8 Å². The average molecular weight is 386 g/mol. The number of nitrogens with one attached hydrogen (secondary N) is 1. The van der Waals surface area contributed by atoms with E-state index in [1.54, 1.807) is 20.8 Å². The van der Waals surface area contributed by atoms with Crippen molar-refractivity contribution in [2.75, 3.05) is 19.6 Å². The molecular formula is C19H25F3N2O3. The Labute approximate surface area is 156 Å². The summed E-state index contributed by atoms with van der Waals surface area (Å²) in [6.45, 7) is 5.95. The maximum atomic E-state index is 14.4. The molecule has 0 bridgehead atoms. The molecule has 1 heterocycles. The van der Waals surface area contributed by atoms with Crippen molar-refractivity contribution in [2.24, 2.45) is 5.92 Å². The number of alkyl carbamates (subject to hydrolysis) is 1. The van der Waals surface area contributed by atoms with E-state index in [1.807, 2.05) is 0 Å². The van der Waals surface area contributed by atoms with E-state index >= 15 is 0 Å². The topological polar surface area (TPSA) is 58.6 Å². The third-order valence-electron chi connectivity index (χ3n) is 4.29. The normalized spacial score (nSPS) is 16.1. The van der Waals surface area contributed by atoms with Crippen LogP contribution in [0.15, 0.2) is 24.3 Å². The first-order chi connectivity index (χ1) is 12.5. The number of rotatable bonds is 4. The first-order valence-corrected chi connectivity index (χ1v) is 8.89. The lowest BCUT2D eigenvalue weighted by Crippen LogP contribution is -2.47. The van der Waals surface area contributed by atoms with E-state index in [1.165, 1.54) is 0 Å². The number of piperidine rings is 1. The number of nitrogens with zero attached hydrogens (tertiary/aromatic N) is 1. The van der Waals surface area contributed by atoms with Crippen LogP contribution in [0.1, 0.15) is 39.2 Å². The highest BCUT2D eigenvalue weighted by atomic mass is 19.3. The van der Waals surface area contributed by atoms with Gasteiger partial charge in [-0.15, -0.1) is 0 Å². The van der Waals surface area contributed by atoms with Crippen molar-refractivity contribution in [3.05, 3.63) is 35.6 Å². The SMILES string of the molecule is CC(C)(C)OC(=O)NCC1CCN(C(=O)C(F)(F)c2cccc(F)c2)CC1. The molecule has 5 nitrogen and oxygen atoms in total. The summed E-state index contributed by atoms with van der Waals surface area (Å²) in [5.74, 6) is -5.84. The second-order valence-electron chi connectivity index (χ2n) is 7.70. The molecule has 0 saturated carbocycles. The highest BCUT2D eigenvalue weighted by molar-refractivity contribution is 5.85. The van der Waals surface area contributed by atoms with Crippen molar-refractivity contribution in [3.63, 3.8) is 0 Å². The van der Waals surface area contributed by atoms with Crippen LogP contribution < -0.4 is 5.32 Å². The van der Waals surface area contributed by atoms with Gasteiger partial charge in [0.15, 0.2) is 0 Å². The number of ether oxygens (including phenoxy) is 1. The predicted molar refractivity (Wildman–Crippen MR) is 93.8 cm³/mol. The fourth-order valence-electron chi connectivity index (χ4n) is 2.89. The van der Waals surface area contributed by atoms with Gasteiger partial charge in [-0.25, -0.2) is 9.18 Å². The second kappa shape index (κ2) is 8.19. The molecule has 0 aliphatic carbocycles. The number of likely N-dealkylation sites (tertiary alicyclic amines) is 1. The lowest BCUT2D eigenvalue weighted by Gasteiger charge is -2.34. The van der Waals surface area contributed by atoms with Gasteiger partial charge in [0.2, 0.25) is 0 Å². The molecule has 0 aromatic heterocycles. The third kappa shape index (κ3) is 5.87. The van der Waals surface area contributed by atoms with Crippen LogP contribution in [0.4, 0.5) is 18.0 Å². The molecule has 8 heteroatoms. The fraction of sp³-hybridized carbons (Fsp3) is 0.579. The summed E-state index contributed by atoms with van der Waals surface area (Å²) < 4.78 is 47.1. The zero-order valence-corrected chi connectivity index (χ0v) is 15.7. The van der Waals surface area contributed by atoms with Gasteiger partial charge in [0.25, 0.3) is 5.91 Å². The van der Waals surface area contributed by atoms with Crippen LogP contribution in [0, 0.1) is 11.7 Å². The molecule has 27 heavy (non-hydrogen) atoms. The smallest absolute Gasteiger partial charge is 0.407 e. The summed E-state index contributed by atoms with van der Waals surface area (Å²) in [6.07, 6.45) is 0.445. The van der Waals surface area contributed by atoms with Gasteiger partial charge < -0.3 is 15.0 Å². The van der Waals surface area contributed by atoms with Crippen LogP contribution in [0.25, 0.3) is 0 Å². The number of amides is 2. The van der Waals surface area contributed by atoms with Crippen LogP contribution in [-0.4, -0.2) is 42.1 Å². The Hall–Kier alpha value is -2.25. The Kier molecular flexibility index (Phi) is 6.38. The van der Waals surface area contributed by atoms with Crippen LogP contribution in [0.2, 0.25) is 0 Å². The van der Waals surface area contributed by atoms with Crippen molar-refractivity contribution in [2.45, 2.75) is 45.1 Å². The predicted octanol–water partition coefficient (Wildman–Crippen LogP) is 3.68. The lowest BCUT2D eigenvalue weighted by molar-refractivity contribution is -0.160. The number of carbonyl (C=O) groups excluding carboxylic acids is 2. The van der Waals surface area contributed by atoms with Crippen molar-refractivity contribution in [1.29, 1.82) is 0 Å². The molecule has 1 fully saturated rings. The summed E-state index contributed by atoms with van der Waals surface area (Å²) in [6, 6.07) is 3.92. The van der Waals surface area contributed by atoms with Crippen molar-refractivity contribution in [3.8, 4) is 0 Å². The monoisotopic (exact) mass is 386 g/mol. The molecule has 150 valence electrons. The molecule has 0 atom stereocenters. The van der Waals surface area contributed by atoms with Crippen LogP contribution in [0.5, 0.6) is 0 Å². The minimum Gasteiger partial charge on any atom is -0.444 e. The van der Waals surface area contributed by atoms with Gasteiger partial charge in [0, 0.05) is 25.2 Å². The average Bonchev–Trinajstić information content (AvgIpc) is 2.58. The quantitative estimate of drug-likeness (QED) is 0.859. The highest BCUT2D eigenvalue weighted by Gasteiger charge is 2.44. The number of hydrogen-bond donors (Lipinski definition) is 1. The standard InChI is InChI=1S/C19H25F3N2O3/c1-18(2,3)27-17(26)23-12-13-7-9-24(10-8-13)16(25)19(21,22)14-5-4-6-15(20)11-14/h4-6,11,13H,7-10,12H2,1-3H3,(H,23,26). The van der Waals surface area contributed by atoms with E-state index < -0.39 is 34.9 Å². The van der Waals surface area contributed by atoms with Crippen molar-refractivity contribution in [1.82, 2.24) is 10.2 Å². The first kappa shape index (κ1) is 21.1. The first-order valence-electron chi connectivity index (χ1n) is 8.89. The summed E-state index contributed by atoms with van der Waals surface area (Å²) in [5.41, 5.74) is -1.25. The highest BCUT2D eigenvalue weighted by Crippen LogP contribution is 2.32. The van der Waals surface area contributed by atoms with Crippen LogP contribution in [0.3, 0.4) is 0 Å². The zero-order chi connectivity index (χ0) is 20.2. The molecule has 1 saturated heterocycles. The fourth-order valence-corrected chi connectivity index (χ4v) is 2.89. The second-order valence-corrected chi connectivity index (χ2v) is 7.70. The number of hydrogen-bond acceptors (Lipinski definition) is 3. The lowest BCUT2D eigenvalue weighted by atomic mass is 9.96. The van der Waals surface area contributed by atoms with Gasteiger partial charge in [0.1, 0.15) is 11.4 Å². The molecule has 2 amide bonds. The number of benzene rings is 1. The molecule has 1 aromatic rings. The Balaban J connectivity index is 1.86. The molecule has 0 radical (unpaired) electrons. The number of alkyl halides is 2. The Morgan fingerprint density at radius 1 is 1.22 bits per heavy atom. The van der Waals surface area contributed by atoms with Gasteiger partial charge in [-0.05, 0) is 51.7 Å². The minimum absolute atomic E-state index is 0.0735. The van der Waals surface area contributed by atoms with Gasteiger partial charge in [-0.2, -0.15) is 8.78 Å². The van der Waals surface area contributed by atoms with Gasteiger partial charge in [-0.3, -0.25) is 4.79 Å². The van der Waals surface area contributed by atoms with E-state index in [4.69, 9.17) is 4.74 Å². The summed E-state index contributed by atoms with van der Waals surface area (Å²) in [7, 11) is 0. The summed E-state index contributed by atoms with van der Waals surface area (Å²) in [5, 5.41) is 2.66. The third-order valence-corrected chi connectivity index (χ3v) is 4.29. The van der Waals surface area contributed by atoms with E-state index in [2.05, 4.69) is 5.32 Å². The largest absolute Gasteiger partial charge is 0.444 e. The minimum atomic E-state index is -3.77. The molecular weight excluding hydrogens is 361 g/mol. The van der Waals surface area contributed by atoms with Gasteiger partial charge in [-0.1, -0.05) is 12.1 Å². The maximum Gasteiger partial charge on any atom is 0.407 e. The van der Waals surface area contributed by atoms with E-state index in [0.717, 1.165) is 23.1 Å². The molecule has 2 rings (SSSR count). The van der Waals surface area contributed by atoms with E-state index in [-0.39, 0.29) is 19.0 Å². The molecule has 1 aliphatic heterocycles. The molecule has 1 N–H and O–H groups in total. The van der Waals surface area contributed by atoms with Crippen molar-refractivity contribution >= 4 is 12.0 Å². The number of halogens is 3.